The third-order valence-electron chi connectivity index (χ3n) is 7.27. The summed E-state index contributed by atoms with van der Waals surface area (Å²) in [6.07, 6.45) is 4.09. The standard InChI is InChI=1S/C18H30N4O/c1-16(2)17(3)7-8-18(16,13-21(4)12-17)20-11-15(23)22-9-5-6-14(22)10-19/h14,20H,5-9,11-13H2,1-4H3/t14-,17-,18-/m0/s1. The van der Waals surface area contributed by atoms with E-state index in [0.29, 0.717) is 12.0 Å². The Morgan fingerprint density at radius 2 is 2.04 bits per heavy atom. The van der Waals surface area contributed by atoms with E-state index in [1.807, 2.05) is 0 Å². The molecular weight excluding hydrogens is 288 g/mol. The number of carbonyl (C=O) groups excluding carboxylic acids is 1. The molecule has 0 unspecified atom stereocenters. The van der Waals surface area contributed by atoms with Crippen molar-refractivity contribution in [3.63, 3.8) is 0 Å². The average Bonchev–Trinajstić information content (AvgIpc) is 2.98. The maximum Gasteiger partial charge on any atom is 0.237 e. The third-order valence-corrected chi connectivity index (χ3v) is 7.27. The maximum atomic E-state index is 12.6. The molecule has 5 nitrogen and oxygen atoms in total. The smallest absolute Gasteiger partial charge is 0.237 e. The molecule has 5 heteroatoms. The highest BCUT2D eigenvalue weighted by Crippen LogP contribution is 2.60. The van der Waals surface area contributed by atoms with Crippen molar-refractivity contribution in [3.05, 3.63) is 0 Å². The molecule has 1 aliphatic carbocycles. The Balaban J connectivity index is 1.72. The van der Waals surface area contributed by atoms with Gasteiger partial charge in [-0.1, -0.05) is 20.8 Å². The lowest BCUT2D eigenvalue weighted by Gasteiger charge is -2.56. The highest BCUT2D eigenvalue weighted by atomic mass is 16.2. The summed E-state index contributed by atoms with van der Waals surface area (Å²) in [7, 11) is 2.18. The number of rotatable bonds is 3. The van der Waals surface area contributed by atoms with Crippen LogP contribution < -0.4 is 5.32 Å². The zero-order chi connectivity index (χ0) is 16.9. The summed E-state index contributed by atoms with van der Waals surface area (Å²) in [5, 5.41) is 12.8. The van der Waals surface area contributed by atoms with E-state index in [9.17, 15) is 10.1 Å². The fourth-order valence-corrected chi connectivity index (χ4v) is 5.27. The van der Waals surface area contributed by atoms with Crippen LogP contribution in [-0.2, 0) is 4.79 Å². The van der Waals surface area contributed by atoms with Gasteiger partial charge >= 0.3 is 0 Å². The second-order valence-electron chi connectivity index (χ2n) is 8.67. The largest absolute Gasteiger partial charge is 0.326 e. The fraction of sp³-hybridized carbons (Fsp3) is 0.889. The van der Waals surface area contributed by atoms with Crippen molar-refractivity contribution in [2.45, 2.75) is 58.0 Å². The molecule has 3 rings (SSSR count). The summed E-state index contributed by atoms with van der Waals surface area (Å²) < 4.78 is 0. The van der Waals surface area contributed by atoms with Crippen LogP contribution in [0.25, 0.3) is 0 Å². The van der Waals surface area contributed by atoms with Crippen molar-refractivity contribution >= 4 is 5.91 Å². The number of piperidine rings is 1. The zero-order valence-corrected chi connectivity index (χ0v) is 15.0. The normalized spacial score (nSPS) is 39.4. The second kappa shape index (κ2) is 5.46. The average molecular weight is 318 g/mol. The molecule has 0 aromatic carbocycles. The molecule has 3 fully saturated rings. The van der Waals surface area contributed by atoms with Gasteiger partial charge in [0.1, 0.15) is 6.04 Å². The highest BCUT2D eigenvalue weighted by molar-refractivity contribution is 5.79. The monoisotopic (exact) mass is 318 g/mol. The Morgan fingerprint density at radius 1 is 1.30 bits per heavy atom. The lowest BCUT2D eigenvalue weighted by Crippen LogP contribution is -2.67. The molecule has 0 aromatic heterocycles. The summed E-state index contributed by atoms with van der Waals surface area (Å²) in [4.78, 5) is 16.8. The van der Waals surface area contributed by atoms with Gasteiger partial charge in [-0.2, -0.15) is 5.26 Å². The van der Waals surface area contributed by atoms with Crippen LogP contribution in [0.2, 0.25) is 0 Å². The first-order valence-electron chi connectivity index (χ1n) is 8.87. The Labute approximate surface area is 140 Å². The van der Waals surface area contributed by atoms with Crippen LogP contribution in [0.4, 0.5) is 0 Å². The molecule has 2 bridgehead atoms. The van der Waals surface area contributed by atoms with Crippen LogP contribution in [0, 0.1) is 22.2 Å². The number of nitrogens with zero attached hydrogens (tertiary/aromatic N) is 3. The fourth-order valence-electron chi connectivity index (χ4n) is 5.27. The Kier molecular flexibility index (Phi) is 3.97. The minimum Gasteiger partial charge on any atom is -0.326 e. The third kappa shape index (κ3) is 2.38. The van der Waals surface area contributed by atoms with Crippen LogP contribution in [-0.4, -0.2) is 60.5 Å². The van der Waals surface area contributed by atoms with Crippen molar-refractivity contribution in [1.29, 1.82) is 5.26 Å². The van der Waals surface area contributed by atoms with Gasteiger partial charge in [0.15, 0.2) is 0 Å². The van der Waals surface area contributed by atoms with Gasteiger partial charge in [-0.05, 0) is 43.6 Å². The van der Waals surface area contributed by atoms with Gasteiger partial charge in [-0.15, -0.1) is 0 Å². The molecule has 0 radical (unpaired) electrons. The molecular formula is C18H30N4O. The van der Waals surface area contributed by atoms with Gasteiger partial charge in [0.25, 0.3) is 0 Å². The van der Waals surface area contributed by atoms with Crippen LogP contribution in [0.1, 0.15) is 46.5 Å². The van der Waals surface area contributed by atoms with Crippen molar-refractivity contribution < 1.29 is 4.79 Å². The summed E-state index contributed by atoms with van der Waals surface area (Å²) in [5.74, 6) is 0.0843. The Bertz CT molecular complexity index is 540. The predicted octanol–water partition coefficient (Wildman–Crippen LogP) is 1.60. The minimum atomic E-state index is -0.224. The molecule has 3 aliphatic rings. The maximum absolute atomic E-state index is 12.6. The van der Waals surface area contributed by atoms with E-state index < -0.39 is 0 Å². The predicted molar refractivity (Wildman–Crippen MR) is 89.7 cm³/mol. The molecule has 1 saturated carbocycles. The quantitative estimate of drug-likeness (QED) is 0.859. The SMILES string of the molecule is CN1C[C@]2(C)CC[C@](NCC(=O)N3CCC[C@H]3C#N)(C1)C2(C)C. The molecule has 0 aromatic rings. The second-order valence-corrected chi connectivity index (χ2v) is 8.67. The summed E-state index contributed by atoms with van der Waals surface area (Å²) in [6, 6.07) is 2.04. The van der Waals surface area contributed by atoms with Gasteiger partial charge in [-0.25, -0.2) is 0 Å². The van der Waals surface area contributed by atoms with E-state index in [1.165, 1.54) is 6.42 Å². The van der Waals surface area contributed by atoms with Crippen molar-refractivity contribution in [3.8, 4) is 6.07 Å². The molecule has 2 aliphatic heterocycles. The first-order valence-corrected chi connectivity index (χ1v) is 8.87. The summed E-state index contributed by atoms with van der Waals surface area (Å²) in [5.41, 5.74) is 0.442. The van der Waals surface area contributed by atoms with Crippen LogP contribution in [0.3, 0.4) is 0 Å². The molecule has 1 N–H and O–H groups in total. The zero-order valence-electron chi connectivity index (χ0n) is 15.0. The number of nitriles is 1. The van der Waals surface area contributed by atoms with Gasteiger partial charge in [0, 0.05) is 25.2 Å². The topological polar surface area (TPSA) is 59.4 Å². The van der Waals surface area contributed by atoms with Crippen LogP contribution in [0.5, 0.6) is 0 Å². The van der Waals surface area contributed by atoms with Crippen molar-refractivity contribution in [2.75, 3.05) is 33.2 Å². The first-order chi connectivity index (χ1) is 10.7. The number of fused-ring (bicyclic) bond motifs is 2. The van der Waals surface area contributed by atoms with Crippen molar-refractivity contribution in [1.82, 2.24) is 15.1 Å². The van der Waals surface area contributed by atoms with E-state index in [-0.39, 0.29) is 22.9 Å². The minimum absolute atomic E-state index is 0.00766. The first kappa shape index (κ1) is 16.7. The number of likely N-dealkylation sites (tertiary alicyclic amines) is 2. The Morgan fingerprint density at radius 3 is 2.74 bits per heavy atom. The Hall–Kier alpha value is -1.12. The van der Waals surface area contributed by atoms with E-state index in [4.69, 9.17) is 0 Å². The molecule has 3 atom stereocenters. The van der Waals surface area contributed by atoms with E-state index in [0.717, 1.165) is 38.9 Å². The van der Waals surface area contributed by atoms with E-state index >= 15 is 0 Å². The number of carbonyl (C=O) groups is 1. The molecule has 0 spiro atoms. The summed E-state index contributed by atoms with van der Waals surface area (Å²) >= 11 is 0. The number of hydrogen-bond acceptors (Lipinski definition) is 4. The van der Waals surface area contributed by atoms with E-state index in [2.05, 4.69) is 44.1 Å². The lowest BCUT2D eigenvalue weighted by molar-refractivity contribution is -0.131. The number of nitrogens with one attached hydrogen (secondary N) is 1. The van der Waals surface area contributed by atoms with Crippen LogP contribution >= 0.6 is 0 Å². The van der Waals surface area contributed by atoms with Gasteiger partial charge in [0.05, 0.1) is 12.6 Å². The van der Waals surface area contributed by atoms with Crippen LogP contribution in [0.15, 0.2) is 0 Å². The molecule has 1 amide bonds. The number of amides is 1. The molecule has 23 heavy (non-hydrogen) atoms. The molecule has 2 saturated heterocycles. The highest BCUT2D eigenvalue weighted by Gasteiger charge is 2.63. The number of hydrogen-bond donors (Lipinski definition) is 1. The molecule has 128 valence electrons. The van der Waals surface area contributed by atoms with Gasteiger partial charge < -0.3 is 15.1 Å². The van der Waals surface area contributed by atoms with E-state index in [1.54, 1.807) is 4.90 Å². The van der Waals surface area contributed by atoms with Gasteiger partial charge in [-0.3, -0.25) is 4.79 Å². The molecule has 2 heterocycles. The summed E-state index contributed by atoms with van der Waals surface area (Å²) in [6.45, 7) is 10.3. The lowest BCUT2D eigenvalue weighted by atomic mass is 9.60. The van der Waals surface area contributed by atoms with Crippen molar-refractivity contribution in [2.24, 2.45) is 10.8 Å². The number of likely N-dealkylation sites (N-methyl/N-ethyl adjacent to an activating group) is 1. The van der Waals surface area contributed by atoms with Gasteiger partial charge in [0.2, 0.25) is 5.91 Å².